The van der Waals surface area contributed by atoms with Gasteiger partial charge in [-0.25, -0.2) is 0 Å². The van der Waals surface area contributed by atoms with Gasteiger partial charge < -0.3 is 10.6 Å². The van der Waals surface area contributed by atoms with Crippen LogP contribution < -0.4 is 10.6 Å². The molecule has 0 saturated heterocycles. The topological polar surface area (TPSA) is 44.5 Å². The van der Waals surface area contributed by atoms with Crippen molar-refractivity contribution in [3.05, 3.63) is 35.4 Å². The van der Waals surface area contributed by atoms with Crippen LogP contribution in [0, 0.1) is 0 Å². The molecule has 0 atom stereocenters. The fourth-order valence-electron chi connectivity index (χ4n) is 3.13. The number of aryl methyl sites for hydroxylation is 1. The van der Waals surface area contributed by atoms with Crippen LogP contribution in [0.5, 0.6) is 5.75 Å². The lowest BCUT2D eigenvalue weighted by Crippen LogP contribution is -2.18. The minimum Gasteiger partial charge on any atom is -0.337 e. The third-order valence-electron chi connectivity index (χ3n) is 4.28. The average molecular weight is 273 g/mol. The molecule has 2 aliphatic carbocycles. The second-order valence-electron chi connectivity index (χ2n) is 5.73. The molecule has 0 radical (unpaired) electrons. The number of allylic oxidation sites excluding steroid dienone is 1. The number of nitrogens with two attached hydrogens (primary N) is 1. The van der Waals surface area contributed by atoms with E-state index in [1.54, 1.807) is 0 Å². The van der Waals surface area contributed by atoms with Crippen molar-refractivity contribution in [2.24, 2.45) is 5.73 Å². The average Bonchev–Trinajstić information content (AvgIpc) is 2.53. The normalized spacial score (nSPS) is 19.4. The summed E-state index contributed by atoms with van der Waals surface area (Å²) in [6.45, 7) is 0.603. The van der Waals surface area contributed by atoms with Crippen LogP contribution in [0.25, 0.3) is 5.57 Å². The van der Waals surface area contributed by atoms with Crippen LogP contribution in [-0.4, -0.2) is 12.6 Å². The first-order valence-electron chi connectivity index (χ1n) is 7.72. The van der Waals surface area contributed by atoms with Crippen LogP contribution in [0.1, 0.15) is 49.7 Å². The zero-order chi connectivity index (χ0) is 13.8. The lowest BCUT2D eigenvalue weighted by molar-refractivity contribution is -0.250. The van der Waals surface area contributed by atoms with Crippen LogP contribution in [0.15, 0.2) is 24.3 Å². The van der Waals surface area contributed by atoms with E-state index >= 15 is 0 Å². The molecule has 0 aromatic heterocycles. The first-order chi connectivity index (χ1) is 9.86. The van der Waals surface area contributed by atoms with E-state index < -0.39 is 0 Å². The number of hydrogen-bond donors (Lipinski definition) is 1. The second-order valence-corrected chi connectivity index (χ2v) is 5.73. The lowest BCUT2D eigenvalue weighted by atomic mass is 9.91. The molecule has 1 fully saturated rings. The Morgan fingerprint density at radius 3 is 2.80 bits per heavy atom. The Hall–Kier alpha value is -1.32. The summed E-state index contributed by atoms with van der Waals surface area (Å²) in [5.74, 6) is 0.813. The van der Waals surface area contributed by atoms with E-state index in [1.165, 1.54) is 36.0 Å². The summed E-state index contributed by atoms with van der Waals surface area (Å²) in [5.41, 5.74) is 9.61. The Morgan fingerprint density at radius 2 is 2.00 bits per heavy atom. The van der Waals surface area contributed by atoms with Gasteiger partial charge in [-0.15, -0.1) is 0 Å². The van der Waals surface area contributed by atoms with Gasteiger partial charge in [0.25, 0.3) is 0 Å². The molecule has 0 aliphatic heterocycles. The summed E-state index contributed by atoms with van der Waals surface area (Å²) in [5, 5.41) is 0. The maximum absolute atomic E-state index is 5.79. The fourth-order valence-corrected chi connectivity index (χ4v) is 3.13. The van der Waals surface area contributed by atoms with Gasteiger partial charge in [-0.1, -0.05) is 31.4 Å². The molecule has 20 heavy (non-hydrogen) atoms. The largest absolute Gasteiger partial charge is 0.337 e. The van der Waals surface area contributed by atoms with Crippen LogP contribution in [0.3, 0.4) is 0 Å². The van der Waals surface area contributed by atoms with Gasteiger partial charge in [-0.2, -0.15) is 4.89 Å². The van der Waals surface area contributed by atoms with Crippen molar-refractivity contribution in [3.8, 4) is 5.75 Å². The first kappa shape index (κ1) is 13.7. The molecule has 2 aliphatic rings. The first-order valence-corrected chi connectivity index (χ1v) is 7.72. The standard InChI is InChI=1S/C17H23NO2/c18-12-14-6-4-5-13-11-16(9-10-17(13)14)20-19-15-7-2-1-3-8-15/h6,9-11,15H,1-5,7-8,12,18H2. The molecule has 3 rings (SSSR count). The monoisotopic (exact) mass is 273 g/mol. The van der Waals surface area contributed by atoms with Crippen molar-refractivity contribution in [2.75, 3.05) is 6.54 Å². The van der Waals surface area contributed by atoms with E-state index in [9.17, 15) is 0 Å². The van der Waals surface area contributed by atoms with Crippen molar-refractivity contribution in [3.63, 3.8) is 0 Å². The highest BCUT2D eigenvalue weighted by molar-refractivity contribution is 5.71. The molecule has 1 aromatic carbocycles. The number of hydrogen-bond acceptors (Lipinski definition) is 3. The molecule has 0 bridgehead atoms. The van der Waals surface area contributed by atoms with Crippen LogP contribution in [-0.2, 0) is 11.3 Å². The summed E-state index contributed by atoms with van der Waals surface area (Å²) < 4.78 is 0. The zero-order valence-electron chi connectivity index (χ0n) is 11.9. The Balaban J connectivity index is 1.65. The molecule has 0 unspecified atom stereocenters. The van der Waals surface area contributed by atoms with E-state index in [2.05, 4.69) is 18.2 Å². The van der Waals surface area contributed by atoms with E-state index in [0.717, 1.165) is 31.4 Å². The van der Waals surface area contributed by atoms with Crippen LogP contribution >= 0.6 is 0 Å². The number of benzene rings is 1. The highest BCUT2D eigenvalue weighted by Gasteiger charge is 2.16. The maximum atomic E-state index is 5.79. The Kier molecular flexibility index (Phi) is 4.38. The summed E-state index contributed by atoms with van der Waals surface area (Å²) in [4.78, 5) is 11.1. The number of rotatable bonds is 4. The molecule has 3 nitrogen and oxygen atoms in total. The molecule has 0 amide bonds. The van der Waals surface area contributed by atoms with E-state index in [0.29, 0.717) is 6.54 Å². The molecule has 0 heterocycles. The SMILES string of the molecule is NCC1=CCCc2cc(OOC3CCCCC3)ccc21. The lowest BCUT2D eigenvalue weighted by Gasteiger charge is -2.21. The van der Waals surface area contributed by atoms with E-state index in [-0.39, 0.29) is 6.10 Å². The molecule has 2 N–H and O–H groups in total. The van der Waals surface area contributed by atoms with Gasteiger partial charge in [-0.3, -0.25) is 0 Å². The Labute approximate surface area is 120 Å². The highest BCUT2D eigenvalue weighted by atomic mass is 17.2. The van der Waals surface area contributed by atoms with Gasteiger partial charge in [-0.05, 0) is 54.5 Å². The zero-order valence-corrected chi connectivity index (χ0v) is 11.9. The van der Waals surface area contributed by atoms with Crippen molar-refractivity contribution in [1.29, 1.82) is 0 Å². The molecule has 1 aromatic rings. The third kappa shape index (κ3) is 3.05. The predicted octanol–water partition coefficient (Wildman–Crippen LogP) is 3.62. The van der Waals surface area contributed by atoms with Crippen LogP contribution in [0.2, 0.25) is 0 Å². The van der Waals surface area contributed by atoms with E-state index in [4.69, 9.17) is 15.5 Å². The van der Waals surface area contributed by atoms with Crippen molar-refractivity contribution >= 4 is 5.57 Å². The maximum Gasteiger partial charge on any atom is 0.165 e. The molecular weight excluding hydrogens is 250 g/mol. The molecule has 108 valence electrons. The fraction of sp³-hybridized carbons (Fsp3) is 0.529. The predicted molar refractivity (Wildman–Crippen MR) is 80.4 cm³/mol. The Bertz CT molecular complexity index is 490. The molecular formula is C17H23NO2. The molecule has 1 saturated carbocycles. The van der Waals surface area contributed by atoms with Crippen molar-refractivity contribution in [1.82, 2.24) is 0 Å². The number of fused-ring (bicyclic) bond motifs is 1. The highest BCUT2D eigenvalue weighted by Crippen LogP contribution is 2.29. The van der Waals surface area contributed by atoms with Gasteiger partial charge in [0.15, 0.2) is 5.75 Å². The smallest absolute Gasteiger partial charge is 0.165 e. The van der Waals surface area contributed by atoms with Crippen LogP contribution in [0.4, 0.5) is 0 Å². The second kappa shape index (κ2) is 6.42. The van der Waals surface area contributed by atoms with Gasteiger partial charge in [0.05, 0.1) is 0 Å². The van der Waals surface area contributed by atoms with Gasteiger partial charge in [0, 0.05) is 6.54 Å². The quantitative estimate of drug-likeness (QED) is 0.673. The summed E-state index contributed by atoms with van der Waals surface area (Å²) in [7, 11) is 0. The van der Waals surface area contributed by atoms with Crippen molar-refractivity contribution in [2.45, 2.75) is 51.0 Å². The molecule has 0 spiro atoms. The Morgan fingerprint density at radius 1 is 1.15 bits per heavy atom. The minimum absolute atomic E-state index is 0.263. The summed E-state index contributed by atoms with van der Waals surface area (Å²) in [6, 6.07) is 6.18. The van der Waals surface area contributed by atoms with Gasteiger partial charge >= 0.3 is 0 Å². The van der Waals surface area contributed by atoms with Crippen molar-refractivity contribution < 1.29 is 9.78 Å². The van der Waals surface area contributed by atoms with Gasteiger partial charge in [0.1, 0.15) is 6.10 Å². The summed E-state index contributed by atoms with van der Waals surface area (Å²) >= 11 is 0. The molecule has 3 heteroatoms. The van der Waals surface area contributed by atoms with E-state index in [1.807, 2.05) is 6.07 Å². The summed E-state index contributed by atoms with van der Waals surface area (Å²) in [6.07, 6.45) is 10.7. The minimum atomic E-state index is 0.263. The third-order valence-corrected chi connectivity index (χ3v) is 4.28. The van der Waals surface area contributed by atoms with Gasteiger partial charge in [0.2, 0.25) is 0 Å².